The summed E-state index contributed by atoms with van der Waals surface area (Å²) in [7, 11) is 0. The van der Waals surface area contributed by atoms with E-state index < -0.39 is 17.4 Å². The van der Waals surface area contributed by atoms with Crippen LogP contribution in [-0.4, -0.2) is 26.5 Å². The lowest BCUT2D eigenvalue weighted by molar-refractivity contribution is -0.140. The molecule has 0 saturated heterocycles. The summed E-state index contributed by atoms with van der Waals surface area (Å²) in [6, 6.07) is 15.2. The molecule has 0 spiro atoms. The van der Waals surface area contributed by atoms with Gasteiger partial charge in [-0.3, -0.25) is 4.79 Å². The van der Waals surface area contributed by atoms with Crippen molar-refractivity contribution >= 4 is 23.5 Å². The van der Waals surface area contributed by atoms with Crippen LogP contribution in [0.1, 0.15) is 33.6 Å². The fourth-order valence-corrected chi connectivity index (χ4v) is 4.07. The van der Waals surface area contributed by atoms with Crippen molar-refractivity contribution in [3.63, 3.8) is 0 Å². The molecule has 0 unspecified atom stereocenters. The molecule has 0 radical (unpaired) electrons. The van der Waals surface area contributed by atoms with Crippen LogP contribution in [0.15, 0.2) is 48.5 Å². The van der Waals surface area contributed by atoms with Crippen molar-refractivity contribution in [2.24, 2.45) is 0 Å². The predicted octanol–water partition coefficient (Wildman–Crippen LogP) is 4.60. The Morgan fingerprint density at radius 2 is 1.44 bits per heavy atom. The van der Waals surface area contributed by atoms with Gasteiger partial charge < -0.3 is 10.2 Å². The maximum absolute atomic E-state index is 11.5. The van der Waals surface area contributed by atoms with Crippen LogP contribution in [0.4, 0.5) is 0 Å². The van der Waals surface area contributed by atoms with Gasteiger partial charge in [-0.15, -0.1) is 0 Å². The smallest absolute Gasteiger partial charge is 0.339 e. The van der Waals surface area contributed by atoms with Crippen LogP contribution in [0.2, 0.25) is 0 Å². The third kappa shape index (κ3) is 2.92. The Balaban J connectivity index is 1.62. The van der Waals surface area contributed by atoms with E-state index in [4.69, 9.17) is 0 Å². The molecule has 2 N–H and O–H groups in total. The predicted molar refractivity (Wildman–Crippen MR) is 103 cm³/mol. The standard InChI is InChI=1S/C21H17NO4S/c1-12-17(19(23)24)18(22-27-12)15-4-2-13(3-5-15)14-6-8-16(9-7-14)21(10-11-21)20(25)26/h2-9H,10-11H2,1H3,(H,23,24)(H,25,26). The third-order valence-corrected chi connectivity index (χ3v) is 5.92. The second-order valence-electron chi connectivity index (χ2n) is 6.81. The zero-order valence-electron chi connectivity index (χ0n) is 14.6. The number of carboxylic acid groups (broad SMARTS) is 2. The molecule has 1 aromatic heterocycles. The van der Waals surface area contributed by atoms with Crippen molar-refractivity contribution in [2.45, 2.75) is 25.2 Å². The summed E-state index contributed by atoms with van der Waals surface area (Å²) in [4.78, 5) is 23.6. The van der Waals surface area contributed by atoms with E-state index in [1.165, 1.54) is 11.5 Å². The van der Waals surface area contributed by atoms with E-state index in [0.717, 1.165) is 22.3 Å². The van der Waals surface area contributed by atoms with Crippen molar-refractivity contribution in [1.82, 2.24) is 4.37 Å². The number of aromatic carboxylic acids is 1. The lowest BCUT2D eigenvalue weighted by atomic mass is 9.93. The molecule has 136 valence electrons. The van der Waals surface area contributed by atoms with Crippen LogP contribution in [0.5, 0.6) is 0 Å². The number of aliphatic carboxylic acids is 1. The van der Waals surface area contributed by atoms with Gasteiger partial charge in [-0.1, -0.05) is 48.5 Å². The van der Waals surface area contributed by atoms with E-state index in [0.29, 0.717) is 23.4 Å². The van der Waals surface area contributed by atoms with E-state index in [1.54, 1.807) is 6.92 Å². The van der Waals surface area contributed by atoms with Crippen molar-refractivity contribution in [2.75, 3.05) is 0 Å². The summed E-state index contributed by atoms with van der Waals surface area (Å²) in [6.45, 7) is 1.75. The van der Waals surface area contributed by atoms with Gasteiger partial charge in [0.05, 0.1) is 11.1 Å². The molecule has 1 saturated carbocycles. The second kappa shape index (κ2) is 6.32. The maximum atomic E-state index is 11.5. The Labute approximate surface area is 160 Å². The summed E-state index contributed by atoms with van der Waals surface area (Å²) >= 11 is 1.19. The average molecular weight is 379 g/mol. The number of carbonyl (C=O) groups is 2. The topological polar surface area (TPSA) is 87.5 Å². The highest BCUT2D eigenvalue weighted by atomic mass is 32.1. The van der Waals surface area contributed by atoms with Crippen LogP contribution in [0, 0.1) is 6.92 Å². The lowest BCUT2D eigenvalue weighted by Gasteiger charge is -2.11. The molecule has 0 bridgehead atoms. The molecule has 5 nitrogen and oxygen atoms in total. The Hall–Kier alpha value is -2.99. The minimum absolute atomic E-state index is 0.250. The monoisotopic (exact) mass is 379 g/mol. The molecule has 1 heterocycles. The average Bonchev–Trinajstić information content (AvgIpc) is 3.39. The van der Waals surface area contributed by atoms with Gasteiger partial charge in [0.15, 0.2) is 0 Å². The normalized spacial score (nSPS) is 14.7. The zero-order chi connectivity index (χ0) is 19.2. The summed E-state index contributed by atoms with van der Waals surface area (Å²) in [5.41, 5.74) is 3.62. The molecule has 6 heteroatoms. The van der Waals surface area contributed by atoms with Crippen LogP contribution >= 0.6 is 11.5 Å². The van der Waals surface area contributed by atoms with Crippen LogP contribution < -0.4 is 0 Å². The van der Waals surface area contributed by atoms with Gasteiger partial charge in [0.2, 0.25) is 0 Å². The highest BCUT2D eigenvalue weighted by Crippen LogP contribution is 2.48. The molecule has 0 amide bonds. The largest absolute Gasteiger partial charge is 0.481 e. The first-order valence-electron chi connectivity index (χ1n) is 8.57. The number of aromatic nitrogens is 1. The van der Waals surface area contributed by atoms with Crippen molar-refractivity contribution < 1.29 is 19.8 Å². The Morgan fingerprint density at radius 3 is 1.93 bits per heavy atom. The lowest BCUT2D eigenvalue weighted by Crippen LogP contribution is -2.19. The highest BCUT2D eigenvalue weighted by molar-refractivity contribution is 7.06. The SMILES string of the molecule is Cc1snc(-c2ccc(-c3ccc(C4(C(=O)O)CC4)cc3)cc2)c1C(=O)O. The van der Waals surface area contributed by atoms with E-state index in [1.807, 2.05) is 48.5 Å². The molecule has 1 fully saturated rings. The number of rotatable bonds is 5. The van der Waals surface area contributed by atoms with Gasteiger partial charge in [0.25, 0.3) is 0 Å². The van der Waals surface area contributed by atoms with E-state index in [-0.39, 0.29) is 5.56 Å². The number of benzene rings is 2. The molecule has 0 aliphatic heterocycles. The molecule has 3 aromatic rings. The Kier molecular flexibility index (Phi) is 4.08. The Morgan fingerprint density at radius 1 is 0.926 bits per heavy atom. The van der Waals surface area contributed by atoms with E-state index in [2.05, 4.69) is 4.37 Å². The molecule has 4 rings (SSSR count). The third-order valence-electron chi connectivity index (χ3n) is 5.17. The minimum Gasteiger partial charge on any atom is -0.481 e. The Bertz CT molecular complexity index is 1030. The first-order chi connectivity index (χ1) is 12.9. The highest BCUT2D eigenvalue weighted by Gasteiger charge is 2.51. The fraction of sp³-hybridized carbons (Fsp3) is 0.190. The molecule has 1 aliphatic carbocycles. The molecule has 0 atom stereocenters. The molecule has 1 aliphatic rings. The molecule has 2 aromatic carbocycles. The number of hydrogen-bond acceptors (Lipinski definition) is 4. The van der Waals surface area contributed by atoms with E-state index in [9.17, 15) is 19.8 Å². The van der Waals surface area contributed by atoms with E-state index >= 15 is 0 Å². The maximum Gasteiger partial charge on any atom is 0.339 e. The first-order valence-corrected chi connectivity index (χ1v) is 9.34. The van der Waals surface area contributed by atoms with Crippen LogP contribution in [0.25, 0.3) is 22.4 Å². The molecular weight excluding hydrogens is 362 g/mol. The van der Waals surface area contributed by atoms with Crippen molar-refractivity contribution in [1.29, 1.82) is 0 Å². The first kappa shape index (κ1) is 17.4. The number of aryl methyl sites for hydroxylation is 1. The molecular formula is C21H17NO4S. The summed E-state index contributed by atoms with van der Waals surface area (Å²) in [6.07, 6.45) is 1.38. The number of nitrogens with zero attached hydrogens (tertiary/aromatic N) is 1. The number of hydrogen-bond donors (Lipinski definition) is 2. The minimum atomic E-state index is -0.969. The molecule has 27 heavy (non-hydrogen) atoms. The van der Waals surface area contributed by atoms with Crippen LogP contribution in [-0.2, 0) is 10.2 Å². The van der Waals surface area contributed by atoms with Crippen molar-refractivity contribution in [3.05, 3.63) is 64.5 Å². The quantitative estimate of drug-likeness (QED) is 0.676. The van der Waals surface area contributed by atoms with Gasteiger partial charge >= 0.3 is 11.9 Å². The van der Waals surface area contributed by atoms with Gasteiger partial charge in [-0.05, 0) is 48.0 Å². The summed E-state index contributed by atoms with van der Waals surface area (Å²) < 4.78 is 4.28. The van der Waals surface area contributed by atoms with Crippen molar-refractivity contribution in [3.8, 4) is 22.4 Å². The van der Waals surface area contributed by atoms with Gasteiger partial charge in [0, 0.05) is 10.4 Å². The summed E-state index contributed by atoms with van der Waals surface area (Å²) in [5, 5.41) is 18.8. The van der Waals surface area contributed by atoms with Gasteiger partial charge in [-0.25, -0.2) is 4.79 Å². The van der Waals surface area contributed by atoms with Gasteiger partial charge in [0.1, 0.15) is 5.56 Å². The number of carboxylic acids is 2. The zero-order valence-corrected chi connectivity index (χ0v) is 15.4. The summed E-state index contributed by atoms with van der Waals surface area (Å²) in [5.74, 6) is -1.73. The van der Waals surface area contributed by atoms with Crippen LogP contribution in [0.3, 0.4) is 0 Å². The fourth-order valence-electron chi connectivity index (χ4n) is 3.37. The second-order valence-corrected chi connectivity index (χ2v) is 7.79. The van der Waals surface area contributed by atoms with Gasteiger partial charge in [-0.2, -0.15) is 4.37 Å².